The van der Waals surface area contributed by atoms with E-state index in [4.69, 9.17) is 18.9 Å². The largest absolute Gasteiger partial charge is 0.462 e. The van der Waals surface area contributed by atoms with Gasteiger partial charge < -0.3 is 24.1 Å². The van der Waals surface area contributed by atoms with Crippen LogP contribution in [0.2, 0.25) is 0 Å². The Morgan fingerprint density at radius 2 is 1.46 bits per heavy atom. The summed E-state index contributed by atoms with van der Waals surface area (Å²) in [7, 11) is 0. The summed E-state index contributed by atoms with van der Waals surface area (Å²) in [4.78, 5) is 49.2. The lowest BCUT2D eigenvalue weighted by Crippen LogP contribution is -2.70. The van der Waals surface area contributed by atoms with Crippen LogP contribution in [-0.4, -0.2) is 53.6 Å². The van der Waals surface area contributed by atoms with E-state index >= 15 is 0 Å². The topological polar surface area (TPSA) is 125 Å². The minimum atomic E-state index is -1.26. The fourth-order valence-electron chi connectivity index (χ4n) is 10.2. The van der Waals surface area contributed by atoms with E-state index in [1.807, 2.05) is 0 Å². The summed E-state index contributed by atoms with van der Waals surface area (Å²) in [5.74, 6) is -1.91. The fraction of sp³-hybridized carbons (Fsp3) is 0.750. The molecule has 0 spiro atoms. The average Bonchev–Trinajstić information content (AvgIpc) is 3.36. The van der Waals surface area contributed by atoms with Gasteiger partial charge in [0.25, 0.3) is 0 Å². The molecule has 0 bridgehead atoms. The molecule has 9 heteroatoms. The van der Waals surface area contributed by atoms with Gasteiger partial charge in [-0.3, -0.25) is 14.4 Å². The molecule has 9 nitrogen and oxygen atoms in total. The maximum Gasteiger partial charge on any atom is 0.333 e. The maximum atomic E-state index is 12.6. The molecule has 3 fully saturated rings. The number of esters is 4. The summed E-state index contributed by atoms with van der Waals surface area (Å²) in [5, 5.41) is 10.6. The number of allylic oxidation sites excluding steroid dienone is 1. The van der Waals surface area contributed by atoms with Crippen molar-refractivity contribution in [2.24, 2.45) is 39.4 Å². The van der Waals surface area contributed by atoms with E-state index in [9.17, 15) is 24.3 Å². The van der Waals surface area contributed by atoms with Crippen molar-refractivity contribution >= 4 is 23.9 Å². The van der Waals surface area contributed by atoms with Crippen molar-refractivity contribution in [3.63, 3.8) is 0 Å². The van der Waals surface area contributed by atoms with Crippen LogP contribution in [0.3, 0.4) is 0 Å². The molecule has 10 atom stereocenters. The Bertz CT molecular complexity index is 1230. The van der Waals surface area contributed by atoms with E-state index in [-0.39, 0.29) is 35.7 Å². The van der Waals surface area contributed by atoms with Gasteiger partial charge in [-0.1, -0.05) is 46.3 Å². The van der Waals surface area contributed by atoms with Gasteiger partial charge in [0.1, 0.15) is 18.3 Å². The molecule has 1 N–H and O–H groups in total. The van der Waals surface area contributed by atoms with Crippen LogP contribution in [0, 0.1) is 39.4 Å². The third kappa shape index (κ3) is 4.28. The second-order valence-corrected chi connectivity index (χ2v) is 14.1. The van der Waals surface area contributed by atoms with Crippen molar-refractivity contribution < 1.29 is 43.2 Å². The summed E-state index contributed by atoms with van der Waals surface area (Å²) < 4.78 is 23.2. The zero-order valence-electron chi connectivity index (χ0n) is 25.4. The van der Waals surface area contributed by atoms with Crippen molar-refractivity contribution in [3.8, 4) is 0 Å². The number of cyclic esters (lactones) is 1. The minimum Gasteiger partial charge on any atom is -0.462 e. The van der Waals surface area contributed by atoms with Crippen molar-refractivity contribution in [2.45, 2.75) is 112 Å². The Labute approximate surface area is 242 Å². The number of carbonyl (C=O) groups is 4. The second-order valence-electron chi connectivity index (χ2n) is 14.1. The Kier molecular flexibility index (Phi) is 7.03. The summed E-state index contributed by atoms with van der Waals surface area (Å²) >= 11 is 0. The highest BCUT2D eigenvalue weighted by Gasteiger charge is 2.72. The standard InChI is InChI=1S/C32H44O9/c1-16(33)38-24-15-26(40-18(3)35)32(8)22-11-12-30(6)20(19-13-27(36)41-28(19)37)9-10-21(30)31(22,7)25(39-17(2)34)14-23(32)29(24,4)5/h10,13,20,22-26,28,37H,9,11-12,14-15H2,1-8H3/t20-,22-,23-,24+,25+,26-,28+,30-,31-,32+/m0/s1. The number of rotatable bonds is 4. The number of fused-ring (bicyclic) bond motifs is 5. The van der Waals surface area contributed by atoms with Crippen molar-refractivity contribution in [1.29, 1.82) is 0 Å². The molecule has 5 aliphatic rings. The molecule has 0 aromatic carbocycles. The molecule has 226 valence electrons. The van der Waals surface area contributed by atoms with Crippen molar-refractivity contribution in [2.75, 3.05) is 0 Å². The highest BCUT2D eigenvalue weighted by atomic mass is 16.6. The van der Waals surface area contributed by atoms with Crippen molar-refractivity contribution in [1.82, 2.24) is 0 Å². The van der Waals surface area contributed by atoms with E-state index in [1.165, 1.54) is 26.8 Å². The van der Waals surface area contributed by atoms with Crippen LogP contribution in [0.5, 0.6) is 0 Å². The Morgan fingerprint density at radius 1 is 0.878 bits per heavy atom. The Morgan fingerprint density at radius 3 is 2.02 bits per heavy atom. The maximum absolute atomic E-state index is 12.6. The van der Waals surface area contributed by atoms with Gasteiger partial charge >= 0.3 is 23.9 Å². The highest BCUT2D eigenvalue weighted by Crippen LogP contribution is 2.74. The third-order valence-electron chi connectivity index (χ3n) is 11.8. The van der Waals surface area contributed by atoms with Gasteiger partial charge in [0.05, 0.1) is 0 Å². The third-order valence-corrected chi connectivity index (χ3v) is 11.8. The zero-order chi connectivity index (χ0) is 30.3. The number of hydrogen-bond donors (Lipinski definition) is 1. The molecule has 41 heavy (non-hydrogen) atoms. The first kappa shape index (κ1) is 29.8. The predicted octanol–water partition coefficient (Wildman–Crippen LogP) is 4.41. The quantitative estimate of drug-likeness (QED) is 0.296. The SMILES string of the molecule is CC(=O)O[C@H]1C[C@@H](OC(C)=O)C(C)(C)[C@@H]2C[C@@H](OC(C)=O)[C@@]3(C)C4=CC[C@@H](C5=CC(=O)O[C@H]5O)[C@]4(C)CC[C@@H]3[C@@]12C. The Balaban J connectivity index is 1.64. The summed E-state index contributed by atoms with van der Waals surface area (Å²) in [5.41, 5.74) is -0.240. The summed E-state index contributed by atoms with van der Waals surface area (Å²) in [6, 6.07) is 0. The smallest absolute Gasteiger partial charge is 0.333 e. The first-order valence-corrected chi connectivity index (χ1v) is 14.8. The molecule has 0 saturated heterocycles. The molecule has 0 radical (unpaired) electrons. The first-order valence-electron chi connectivity index (χ1n) is 14.8. The number of aliphatic hydroxyl groups is 1. The van der Waals surface area contributed by atoms with Gasteiger partial charge in [0.2, 0.25) is 6.29 Å². The number of carbonyl (C=O) groups excluding carboxylic acids is 4. The molecule has 0 aromatic rings. The molecule has 5 rings (SSSR count). The van der Waals surface area contributed by atoms with E-state index in [1.54, 1.807) is 0 Å². The summed E-state index contributed by atoms with van der Waals surface area (Å²) in [6.07, 6.45) is 4.00. The molecule has 1 heterocycles. The number of aliphatic hydroxyl groups excluding tert-OH is 1. The van der Waals surface area contributed by atoms with E-state index in [0.29, 0.717) is 24.8 Å². The van der Waals surface area contributed by atoms with Gasteiger partial charge in [-0.2, -0.15) is 0 Å². The number of ether oxygens (including phenoxy) is 4. The van der Waals surface area contributed by atoms with Crippen LogP contribution in [0.1, 0.15) is 87.5 Å². The molecule has 0 amide bonds. The Hall–Kier alpha value is -2.68. The molecule has 1 aliphatic heterocycles. The predicted molar refractivity (Wildman–Crippen MR) is 147 cm³/mol. The van der Waals surface area contributed by atoms with Crippen LogP contribution in [0.4, 0.5) is 0 Å². The fourth-order valence-corrected chi connectivity index (χ4v) is 10.2. The minimum absolute atomic E-state index is 0.0292. The lowest BCUT2D eigenvalue weighted by Gasteiger charge is -2.69. The molecule has 0 unspecified atom stereocenters. The molecular weight excluding hydrogens is 528 g/mol. The van der Waals surface area contributed by atoms with Crippen LogP contribution in [-0.2, 0) is 38.1 Å². The first-order chi connectivity index (χ1) is 19.0. The number of hydrogen-bond acceptors (Lipinski definition) is 9. The van der Waals surface area contributed by atoms with Crippen LogP contribution in [0.15, 0.2) is 23.3 Å². The van der Waals surface area contributed by atoms with Crippen LogP contribution < -0.4 is 0 Å². The van der Waals surface area contributed by atoms with Crippen LogP contribution >= 0.6 is 0 Å². The lowest BCUT2D eigenvalue weighted by molar-refractivity contribution is -0.262. The molecule has 3 saturated carbocycles. The van der Waals surface area contributed by atoms with E-state index < -0.39 is 52.2 Å². The molecule has 0 aromatic heterocycles. The monoisotopic (exact) mass is 572 g/mol. The average molecular weight is 573 g/mol. The van der Waals surface area contributed by atoms with Crippen LogP contribution in [0.25, 0.3) is 0 Å². The highest BCUT2D eigenvalue weighted by molar-refractivity contribution is 5.85. The van der Waals surface area contributed by atoms with Gasteiger partial charge in [-0.25, -0.2) is 4.79 Å². The molecule has 4 aliphatic carbocycles. The lowest BCUT2D eigenvalue weighted by atomic mass is 9.36. The molecular formula is C32H44O9. The normalized spacial score (nSPS) is 44.3. The van der Waals surface area contributed by atoms with Gasteiger partial charge in [0, 0.05) is 55.1 Å². The van der Waals surface area contributed by atoms with E-state index in [0.717, 1.165) is 18.4 Å². The second kappa shape index (κ2) is 9.68. The van der Waals surface area contributed by atoms with E-state index in [2.05, 4.69) is 40.7 Å². The summed E-state index contributed by atoms with van der Waals surface area (Å²) in [6.45, 7) is 15.0. The van der Waals surface area contributed by atoms with Crippen molar-refractivity contribution in [3.05, 3.63) is 23.3 Å². The zero-order valence-corrected chi connectivity index (χ0v) is 25.4. The van der Waals surface area contributed by atoms with Gasteiger partial charge in [-0.15, -0.1) is 0 Å². The van der Waals surface area contributed by atoms with Gasteiger partial charge in [-0.05, 0) is 48.9 Å². The van der Waals surface area contributed by atoms with Gasteiger partial charge in [0.15, 0.2) is 0 Å².